The van der Waals surface area contributed by atoms with E-state index in [4.69, 9.17) is 9.47 Å². The first-order chi connectivity index (χ1) is 30.2. The molecule has 0 aromatic heterocycles. The monoisotopic (exact) mass is 781 g/mol. The van der Waals surface area contributed by atoms with Gasteiger partial charge in [0.05, 0.1) is 11.1 Å². The Bertz CT molecular complexity index is 3150. The van der Waals surface area contributed by atoms with Gasteiger partial charge in [-0.15, -0.1) is 0 Å². The lowest BCUT2D eigenvalue weighted by atomic mass is 9.92. The quantitative estimate of drug-likeness (QED) is 0.153. The number of benzene rings is 10. The minimum atomic E-state index is 0.680. The van der Waals surface area contributed by atoms with Gasteiger partial charge in [-0.05, 0) is 98.4 Å². The Morgan fingerprint density at radius 3 is 1.21 bits per heavy atom. The highest BCUT2D eigenvalue weighted by Crippen LogP contribution is 2.52. The zero-order valence-electron chi connectivity index (χ0n) is 33.3. The second kappa shape index (κ2) is 15.6. The van der Waals surface area contributed by atoms with E-state index < -0.39 is 0 Å². The average molecular weight is 782 g/mol. The highest BCUT2D eigenvalue weighted by molar-refractivity contribution is 5.98. The maximum absolute atomic E-state index is 6.86. The lowest BCUT2D eigenvalue weighted by Crippen LogP contribution is -2.11. The molecule has 11 rings (SSSR count). The van der Waals surface area contributed by atoms with E-state index >= 15 is 0 Å². The van der Waals surface area contributed by atoms with Crippen molar-refractivity contribution < 1.29 is 9.47 Å². The molecular formula is C58H39NO2. The van der Waals surface area contributed by atoms with E-state index in [9.17, 15) is 0 Å². The third-order valence-electron chi connectivity index (χ3n) is 11.6. The molecule has 288 valence electrons. The second-order valence-electron chi connectivity index (χ2n) is 15.2. The van der Waals surface area contributed by atoms with Crippen LogP contribution in [0.1, 0.15) is 0 Å². The van der Waals surface area contributed by atoms with E-state index in [-0.39, 0.29) is 0 Å². The van der Waals surface area contributed by atoms with Crippen molar-refractivity contribution in [3.8, 4) is 78.6 Å². The predicted molar refractivity (Wildman–Crippen MR) is 252 cm³/mol. The van der Waals surface area contributed by atoms with Crippen LogP contribution < -0.4 is 14.4 Å². The highest BCUT2D eigenvalue weighted by Gasteiger charge is 2.25. The van der Waals surface area contributed by atoms with Crippen LogP contribution in [-0.2, 0) is 0 Å². The van der Waals surface area contributed by atoms with Crippen molar-refractivity contribution in [2.45, 2.75) is 0 Å². The number of para-hydroxylation sites is 2. The lowest BCUT2D eigenvalue weighted by Gasteiger charge is -2.29. The third-order valence-corrected chi connectivity index (χ3v) is 11.6. The van der Waals surface area contributed by atoms with Gasteiger partial charge >= 0.3 is 0 Å². The van der Waals surface area contributed by atoms with Crippen LogP contribution in [0.3, 0.4) is 0 Å². The standard InChI is InChI=1S/C58H39NO2/c1-3-14-40(15-4-1)42-28-30-43(31-29-42)45-34-38-48(39-35-45)59(47-36-32-44(33-37-47)41-16-5-2-6-17-41)53-24-10-9-22-51(53)49-20-7-8-21-50(49)52-23-13-27-56-58(52)61-55-26-12-19-46-18-11-25-54(60-56)57(46)55/h1-39H. The fraction of sp³-hybridized carbons (Fsp3) is 0. The molecule has 0 saturated carbocycles. The summed E-state index contributed by atoms with van der Waals surface area (Å²) in [6.07, 6.45) is 0. The van der Waals surface area contributed by atoms with Gasteiger partial charge in [0.2, 0.25) is 0 Å². The number of anilines is 3. The van der Waals surface area contributed by atoms with Crippen molar-refractivity contribution in [2.75, 3.05) is 4.90 Å². The summed E-state index contributed by atoms with van der Waals surface area (Å²) in [6, 6.07) is 83.4. The molecule has 0 atom stereocenters. The number of nitrogens with zero attached hydrogens (tertiary/aromatic N) is 1. The predicted octanol–water partition coefficient (Wildman–Crippen LogP) is 16.5. The molecule has 1 aliphatic rings. The smallest absolute Gasteiger partial charge is 0.177 e. The van der Waals surface area contributed by atoms with E-state index in [0.29, 0.717) is 11.5 Å². The average Bonchev–Trinajstić information content (AvgIpc) is 3.50. The molecule has 1 heterocycles. The van der Waals surface area contributed by atoms with Gasteiger partial charge < -0.3 is 14.4 Å². The van der Waals surface area contributed by atoms with Crippen LogP contribution in [0.25, 0.3) is 66.4 Å². The minimum absolute atomic E-state index is 0.680. The fourth-order valence-electron chi connectivity index (χ4n) is 8.58. The summed E-state index contributed by atoms with van der Waals surface area (Å²) in [6.45, 7) is 0. The fourth-order valence-corrected chi connectivity index (χ4v) is 8.58. The Kier molecular flexibility index (Phi) is 9.18. The molecule has 1 aliphatic heterocycles. The topological polar surface area (TPSA) is 21.7 Å². The van der Waals surface area contributed by atoms with Crippen molar-refractivity contribution >= 4 is 27.8 Å². The van der Waals surface area contributed by atoms with Crippen LogP contribution in [0.5, 0.6) is 23.0 Å². The summed E-state index contributed by atoms with van der Waals surface area (Å²) in [4.78, 5) is 2.37. The van der Waals surface area contributed by atoms with Crippen LogP contribution in [0.15, 0.2) is 237 Å². The molecule has 61 heavy (non-hydrogen) atoms. The van der Waals surface area contributed by atoms with E-state index in [1.54, 1.807) is 0 Å². The van der Waals surface area contributed by atoms with Crippen molar-refractivity contribution in [1.29, 1.82) is 0 Å². The number of hydrogen-bond acceptors (Lipinski definition) is 3. The molecule has 0 fully saturated rings. The van der Waals surface area contributed by atoms with Crippen molar-refractivity contribution in [3.05, 3.63) is 237 Å². The summed E-state index contributed by atoms with van der Waals surface area (Å²) < 4.78 is 13.5. The Morgan fingerprint density at radius 1 is 0.262 bits per heavy atom. The molecule has 10 aromatic carbocycles. The highest BCUT2D eigenvalue weighted by atomic mass is 16.5. The van der Waals surface area contributed by atoms with Gasteiger partial charge in [0.15, 0.2) is 11.5 Å². The van der Waals surface area contributed by atoms with Crippen LogP contribution in [0, 0.1) is 0 Å². The van der Waals surface area contributed by atoms with Gasteiger partial charge in [-0.3, -0.25) is 0 Å². The van der Waals surface area contributed by atoms with Gasteiger partial charge in [0.25, 0.3) is 0 Å². The summed E-state index contributed by atoms with van der Waals surface area (Å²) >= 11 is 0. The Morgan fingerprint density at radius 2 is 0.656 bits per heavy atom. The molecule has 0 bridgehead atoms. The summed E-state index contributed by atoms with van der Waals surface area (Å²) in [5.74, 6) is 2.93. The van der Waals surface area contributed by atoms with Crippen molar-refractivity contribution in [3.63, 3.8) is 0 Å². The molecule has 0 radical (unpaired) electrons. The Hall–Kier alpha value is -8.14. The molecule has 3 heteroatoms. The van der Waals surface area contributed by atoms with E-state index in [2.05, 4.69) is 205 Å². The maximum atomic E-state index is 6.86. The first-order valence-electron chi connectivity index (χ1n) is 20.7. The van der Waals surface area contributed by atoms with Crippen LogP contribution >= 0.6 is 0 Å². The van der Waals surface area contributed by atoms with Crippen molar-refractivity contribution in [1.82, 2.24) is 0 Å². The lowest BCUT2D eigenvalue weighted by molar-refractivity contribution is 0.441. The van der Waals surface area contributed by atoms with Gasteiger partial charge in [0.1, 0.15) is 11.5 Å². The number of fused-ring (bicyclic) bond motifs is 1. The zero-order chi connectivity index (χ0) is 40.5. The zero-order valence-corrected chi connectivity index (χ0v) is 33.3. The molecule has 0 saturated heterocycles. The van der Waals surface area contributed by atoms with Gasteiger partial charge in [-0.1, -0.05) is 188 Å². The number of rotatable bonds is 8. The molecule has 0 N–H and O–H groups in total. The van der Waals surface area contributed by atoms with Crippen LogP contribution in [-0.4, -0.2) is 0 Å². The molecule has 0 unspecified atom stereocenters. The van der Waals surface area contributed by atoms with Crippen LogP contribution in [0.4, 0.5) is 17.1 Å². The first kappa shape index (κ1) is 36.0. The molecule has 0 amide bonds. The van der Waals surface area contributed by atoms with Gasteiger partial charge in [-0.25, -0.2) is 0 Å². The molecule has 10 aromatic rings. The first-order valence-corrected chi connectivity index (χ1v) is 20.7. The summed E-state index contributed by atoms with van der Waals surface area (Å²) in [7, 11) is 0. The number of hydrogen-bond donors (Lipinski definition) is 0. The minimum Gasteiger partial charge on any atom is -0.453 e. The third kappa shape index (κ3) is 6.78. The molecule has 0 aliphatic carbocycles. The Balaban J connectivity index is 1.02. The number of ether oxygens (including phenoxy) is 2. The molecule has 3 nitrogen and oxygen atoms in total. The SMILES string of the molecule is c1ccc(-c2ccc(-c3ccc(N(c4ccc(-c5ccccc5)cc4)c4ccccc4-c4ccccc4-c4cccc5c4Oc4cccc6cccc(c46)O5)cc3)cc2)cc1. The second-order valence-corrected chi connectivity index (χ2v) is 15.2. The van der Waals surface area contributed by atoms with Gasteiger partial charge in [-0.2, -0.15) is 0 Å². The summed E-state index contributed by atoms with van der Waals surface area (Å²) in [5, 5.41) is 2.04. The Labute approximate surface area is 356 Å². The maximum Gasteiger partial charge on any atom is 0.177 e. The van der Waals surface area contributed by atoms with Crippen molar-refractivity contribution in [2.24, 2.45) is 0 Å². The van der Waals surface area contributed by atoms with E-state index in [1.807, 2.05) is 36.4 Å². The van der Waals surface area contributed by atoms with Gasteiger partial charge in [0, 0.05) is 22.5 Å². The van der Waals surface area contributed by atoms with E-state index in [0.717, 1.165) is 67.2 Å². The summed E-state index contributed by atoms with van der Waals surface area (Å²) in [5.41, 5.74) is 14.4. The molecule has 0 spiro atoms. The molecular weight excluding hydrogens is 743 g/mol. The largest absolute Gasteiger partial charge is 0.453 e. The van der Waals surface area contributed by atoms with Crippen LogP contribution in [0.2, 0.25) is 0 Å². The van der Waals surface area contributed by atoms with E-state index in [1.165, 1.54) is 27.8 Å². The normalized spacial score (nSPS) is 11.5.